The molecule has 2 aromatic rings. The number of aromatic amines is 1. The Morgan fingerprint density at radius 1 is 1.18 bits per heavy atom. The summed E-state index contributed by atoms with van der Waals surface area (Å²) in [7, 11) is 0. The van der Waals surface area contributed by atoms with Gasteiger partial charge in [-0.1, -0.05) is 17.7 Å². The van der Waals surface area contributed by atoms with Crippen molar-refractivity contribution in [3.8, 4) is 11.1 Å². The number of pyridine rings is 1. The van der Waals surface area contributed by atoms with Crippen molar-refractivity contribution in [2.45, 2.75) is 0 Å². The van der Waals surface area contributed by atoms with E-state index in [1.807, 2.05) is 0 Å². The molecule has 0 saturated heterocycles. The molecule has 1 aromatic heterocycles. The van der Waals surface area contributed by atoms with Crippen molar-refractivity contribution < 1.29 is 9.90 Å². The van der Waals surface area contributed by atoms with E-state index >= 15 is 0 Å². The Hall–Kier alpha value is -2.07. The first-order chi connectivity index (χ1) is 8.08. The second-order valence-corrected chi connectivity index (χ2v) is 3.85. The summed E-state index contributed by atoms with van der Waals surface area (Å²) in [6.07, 6.45) is 1.53. The van der Waals surface area contributed by atoms with Gasteiger partial charge in [-0.3, -0.25) is 4.79 Å². The van der Waals surface area contributed by atoms with Crippen LogP contribution in [0.3, 0.4) is 0 Å². The third kappa shape index (κ3) is 2.37. The molecule has 0 unspecified atom stereocenters. The van der Waals surface area contributed by atoms with Gasteiger partial charge in [-0.25, -0.2) is 4.79 Å². The minimum absolute atomic E-state index is 0.0374. The summed E-state index contributed by atoms with van der Waals surface area (Å²) in [6.45, 7) is 0. The second-order valence-electron chi connectivity index (χ2n) is 3.44. The second kappa shape index (κ2) is 4.43. The van der Waals surface area contributed by atoms with Gasteiger partial charge in [-0.2, -0.15) is 0 Å². The topological polar surface area (TPSA) is 70.2 Å². The highest BCUT2D eigenvalue weighted by Crippen LogP contribution is 2.24. The highest BCUT2D eigenvalue weighted by molar-refractivity contribution is 6.33. The summed E-state index contributed by atoms with van der Waals surface area (Å²) in [5.41, 5.74) is 1.24. The summed E-state index contributed by atoms with van der Waals surface area (Å²) in [6, 6.07) is 7.68. The SMILES string of the molecule is O=C(O)c1cc(-c2ccc(=O)[nH]c2)ccc1Cl. The lowest BCUT2D eigenvalue weighted by Gasteiger charge is -2.04. The number of halogens is 1. The van der Waals surface area contributed by atoms with Gasteiger partial charge in [0.05, 0.1) is 10.6 Å². The Labute approximate surface area is 101 Å². The van der Waals surface area contributed by atoms with Crippen LogP contribution in [0.15, 0.2) is 41.3 Å². The molecule has 86 valence electrons. The van der Waals surface area contributed by atoms with Gasteiger partial charge in [-0.15, -0.1) is 0 Å². The average molecular weight is 250 g/mol. The van der Waals surface area contributed by atoms with Crippen LogP contribution in [-0.4, -0.2) is 16.1 Å². The van der Waals surface area contributed by atoms with Crippen molar-refractivity contribution in [3.63, 3.8) is 0 Å². The molecule has 4 nitrogen and oxygen atoms in total. The van der Waals surface area contributed by atoms with E-state index in [-0.39, 0.29) is 16.1 Å². The first-order valence-electron chi connectivity index (χ1n) is 4.80. The molecule has 0 bridgehead atoms. The van der Waals surface area contributed by atoms with Gasteiger partial charge in [0.1, 0.15) is 0 Å². The molecule has 0 fully saturated rings. The smallest absolute Gasteiger partial charge is 0.337 e. The number of benzene rings is 1. The molecular weight excluding hydrogens is 242 g/mol. The highest BCUT2D eigenvalue weighted by Gasteiger charge is 2.10. The third-order valence-corrected chi connectivity index (χ3v) is 2.64. The van der Waals surface area contributed by atoms with Gasteiger partial charge in [0.15, 0.2) is 0 Å². The summed E-state index contributed by atoms with van der Waals surface area (Å²) < 4.78 is 0. The first-order valence-corrected chi connectivity index (χ1v) is 5.17. The van der Waals surface area contributed by atoms with E-state index < -0.39 is 5.97 Å². The van der Waals surface area contributed by atoms with Crippen LogP contribution in [0.2, 0.25) is 5.02 Å². The number of aromatic nitrogens is 1. The van der Waals surface area contributed by atoms with Gasteiger partial charge in [0.25, 0.3) is 0 Å². The number of carbonyl (C=O) groups is 1. The van der Waals surface area contributed by atoms with Crippen LogP contribution < -0.4 is 5.56 Å². The largest absolute Gasteiger partial charge is 0.478 e. The van der Waals surface area contributed by atoms with Crippen LogP contribution in [-0.2, 0) is 0 Å². The van der Waals surface area contributed by atoms with Crippen LogP contribution in [0.4, 0.5) is 0 Å². The molecule has 0 amide bonds. The van der Waals surface area contributed by atoms with E-state index in [0.29, 0.717) is 5.56 Å². The predicted molar refractivity (Wildman–Crippen MR) is 64.5 cm³/mol. The van der Waals surface area contributed by atoms with Crippen molar-refractivity contribution in [2.24, 2.45) is 0 Å². The maximum Gasteiger partial charge on any atom is 0.337 e. The third-order valence-electron chi connectivity index (χ3n) is 2.31. The molecule has 0 aliphatic rings. The Bertz CT molecular complexity index is 613. The van der Waals surface area contributed by atoms with Gasteiger partial charge in [-0.05, 0) is 29.3 Å². The van der Waals surface area contributed by atoms with Gasteiger partial charge < -0.3 is 10.1 Å². The van der Waals surface area contributed by atoms with Crippen LogP contribution >= 0.6 is 11.6 Å². The molecule has 0 aliphatic carbocycles. The van der Waals surface area contributed by atoms with Crippen molar-refractivity contribution in [1.29, 1.82) is 0 Å². The number of rotatable bonds is 2. The van der Waals surface area contributed by atoms with Gasteiger partial charge in [0, 0.05) is 12.3 Å². The lowest BCUT2D eigenvalue weighted by molar-refractivity contribution is 0.0697. The summed E-state index contributed by atoms with van der Waals surface area (Å²) in [4.78, 5) is 24.4. The zero-order chi connectivity index (χ0) is 12.4. The number of carboxylic acids is 1. The molecule has 0 spiro atoms. The van der Waals surface area contributed by atoms with Crippen molar-refractivity contribution in [1.82, 2.24) is 4.98 Å². The molecule has 0 saturated carbocycles. The Balaban J connectivity index is 2.53. The molecule has 2 N–H and O–H groups in total. The fraction of sp³-hybridized carbons (Fsp3) is 0. The fourth-order valence-corrected chi connectivity index (χ4v) is 1.66. The van der Waals surface area contributed by atoms with Crippen molar-refractivity contribution >= 4 is 17.6 Å². The molecule has 17 heavy (non-hydrogen) atoms. The monoisotopic (exact) mass is 249 g/mol. The average Bonchev–Trinajstić information content (AvgIpc) is 2.30. The van der Waals surface area contributed by atoms with Gasteiger partial charge in [0.2, 0.25) is 5.56 Å². The minimum atomic E-state index is -1.08. The zero-order valence-corrected chi connectivity index (χ0v) is 9.36. The molecule has 0 atom stereocenters. The Morgan fingerprint density at radius 2 is 1.88 bits per heavy atom. The van der Waals surface area contributed by atoms with E-state index in [4.69, 9.17) is 16.7 Å². The number of carboxylic acid groups (broad SMARTS) is 1. The zero-order valence-electron chi connectivity index (χ0n) is 8.61. The summed E-state index contributed by atoms with van der Waals surface area (Å²) >= 11 is 5.77. The quantitative estimate of drug-likeness (QED) is 0.859. The number of aromatic carboxylic acids is 1. The molecule has 1 aromatic carbocycles. The molecule has 2 rings (SSSR count). The van der Waals surface area contributed by atoms with Crippen molar-refractivity contribution in [2.75, 3.05) is 0 Å². The molecule has 0 radical (unpaired) electrons. The van der Waals surface area contributed by atoms with E-state index in [1.165, 1.54) is 24.4 Å². The van der Waals surface area contributed by atoms with E-state index in [0.717, 1.165) is 5.56 Å². The number of nitrogens with one attached hydrogen (secondary N) is 1. The lowest BCUT2D eigenvalue weighted by Crippen LogP contribution is -2.02. The van der Waals surface area contributed by atoms with Crippen LogP contribution in [0.1, 0.15) is 10.4 Å². The Morgan fingerprint density at radius 3 is 2.47 bits per heavy atom. The maximum atomic E-state index is 10.9. The van der Waals surface area contributed by atoms with E-state index in [9.17, 15) is 9.59 Å². The Kier molecular flexibility index (Phi) is 2.97. The molecule has 0 aliphatic heterocycles. The lowest BCUT2D eigenvalue weighted by atomic mass is 10.0. The van der Waals surface area contributed by atoms with Crippen molar-refractivity contribution in [3.05, 3.63) is 57.5 Å². The number of H-pyrrole nitrogens is 1. The number of hydrogen-bond donors (Lipinski definition) is 2. The predicted octanol–water partition coefficient (Wildman–Crippen LogP) is 2.39. The number of hydrogen-bond acceptors (Lipinski definition) is 2. The fourth-order valence-electron chi connectivity index (χ4n) is 1.46. The van der Waals surface area contributed by atoms with Crippen LogP contribution in [0, 0.1) is 0 Å². The minimum Gasteiger partial charge on any atom is -0.478 e. The summed E-state index contributed by atoms with van der Waals surface area (Å²) in [5, 5.41) is 9.12. The normalized spacial score (nSPS) is 10.2. The molecule has 1 heterocycles. The maximum absolute atomic E-state index is 10.9. The van der Waals surface area contributed by atoms with Crippen LogP contribution in [0.25, 0.3) is 11.1 Å². The standard InChI is InChI=1S/C12H8ClNO3/c13-10-3-1-7(5-9(10)12(16)17)8-2-4-11(15)14-6-8/h1-6H,(H,14,15)(H,16,17). The van der Waals surface area contributed by atoms with Crippen LogP contribution in [0.5, 0.6) is 0 Å². The molecular formula is C12H8ClNO3. The summed E-state index contributed by atoms with van der Waals surface area (Å²) in [5.74, 6) is -1.08. The van der Waals surface area contributed by atoms with E-state index in [1.54, 1.807) is 12.1 Å². The highest BCUT2D eigenvalue weighted by atomic mass is 35.5. The van der Waals surface area contributed by atoms with E-state index in [2.05, 4.69) is 4.98 Å². The first kappa shape index (κ1) is 11.4. The molecule has 5 heteroatoms. The van der Waals surface area contributed by atoms with Gasteiger partial charge >= 0.3 is 5.97 Å².